The number of carbonyl (C=O) groups is 2. The number of benzene rings is 1. The maximum atomic E-state index is 12.1. The van der Waals surface area contributed by atoms with Gasteiger partial charge in [0.2, 0.25) is 11.8 Å². The van der Waals surface area contributed by atoms with Gasteiger partial charge >= 0.3 is 0 Å². The lowest BCUT2D eigenvalue weighted by atomic mass is 10.1. The molecular weight excluding hydrogens is 266 g/mol. The highest BCUT2D eigenvalue weighted by atomic mass is 16.2. The number of amides is 2. The van der Waals surface area contributed by atoms with E-state index < -0.39 is 0 Å². The Balaban J connectivity index is 1.93. The van der Waals surface area contributed by atoms with Gasteiger partial charge in [-0.05, 0) is 32.4 Å². The van der Waals surface area contributed by atoms with Crippen LogP contribution in [0.3, 0.4) is 0 Å². The Morgan fingerprint density at radius 1 is 1.43 bits per heavy atom. The van der Waals surface area contributed by atoms with E-state index in [2.05, 4.69) is 5.32 Å². The zero-order valence-corrected chi connectivity index (χ0v) is 12.6. The summed E-state index contributed by atoms with van der Waals surface area (Å²) >= 11 is 0. The van der Waals surface area contributed by atoms with Crippen molar-refractivity contribution in [3.8, 4) is 0 Å². The van der Waals surface area contributed by atoms with Crippen molar-refractivity contribution in [3.05, 3.63) is 29.8 Å². The zero-order valence-electron chi connectivity index (χ0n) is 12.6. The molecule has 0 aromatic heterocycles. The summed E-state index contributed by atoms with van der Waals surface area (Å²) in [7, 11) is 0. The van der Waals surface area contributed by atoms with E-state index in [1.165, 1.54) is 0 Å². The van der Waals surface area contributed by atoms with Crippen LogP contribution in [0, 0.1) is 12.8 Å². The number of carbonyl (C=O) groups excluding carboxylic acids is 2. The summed E-state index contributed by atoms with van der Waals surface area (Å²) in [6.45, 7) is 4.92. The number of anilines is 1. The molecule has 0 saturated carbocycles. The smallest absolute Gasteiger partial charge is 0.227 e. The molecule has 1 aromatic rings. The lowest BCUT2D eigenvalue weighted by Gasteiger charge is -2.17. The molecule has 2 rings (SSSR count). The summed E-state index contributed by atoms with van der Waals surface area (Å²) in [6, 6.07) is 7.85. The Labute approximate surface area is 125 Å². The van der Waals surface area contributed by atoms with E-state index in [0.29, 0.717) is 13.1 Å². The van der Waals surface area contributed by atoms with E-state index in [9.17, 15) is 9.59 Å². The Morgan fingerprint density at radius 3 is 2.71 bits per heavy atom. The minimum absolute atomic E-state index is 0.00574. The maximum Gasteiger partial charge on any atom is 0.227 e. The summed E-state index contributed by atoms with van der Waals surface area (Å²) in [5.41, 5.74) is 7.66. The molecule has 2 atom stereocenters. The molecule has 1 aliphatic heterocycles. The van der Waals surface area contributed by atoms with Crippen LogP contribution >= 0.6 is 0 Å². The number of rotatable bonds is 5. The van der Waals surface area contributed by atoms with Crippen LogP contribution in [-0.4, -0.2) is 30.9 Å². The lowest BCUT2D eigenvalue weighted by molar-refractivity contribution is -0.126. The monoisotopic (exact) mass is 289 g/mol. The fourth-order valence-electron chi connectivity index (χ4n) is 2.42. The number of aryl methyl sites for hydroxylation is 1. The third kappa shape index (κ3) is 4.04. The van der Waals surface area contributed by atoms with Crippen molar-refractivity contribution < 1.29 is 9.59 Å². The number of hydrogen-bond donors (Lipinski definition) is 2. The first-order valence-corrected chi connectivity index (χ1v) is 7.37. The predicted molar refractivity (Wildman–Crippen MR) is 82.9 cm³/mol. The van der Waals surface area contributed by atoms with Crippen LogP contribution in [0.25, 0.3) is 0 Å². The number of nitrogens with two attached hydrogens (primary N) is 1. The minimum atomic E-state index is -0.271. The van der Waals surface area contributed by atoms with Crippen LogP contribution in [0.2, 0.25) is 0 Å². The van der Waals surface area contributed by atoms with Gasteiger partial charge < -0.3 is 16.0 Å². The quantitative estimate of drug-likeness (QED) is 0.855. The van der Waals surface area contributed by atoms with Gasteiger partial charge in [0.05, 0.1) is 5.92 Å². The average Bonchev–Trinajstić information content (AvgIpc) is 2.81. The summed E-state index contributed by atoms with van der Waals surface area (Å²) < 4.78 is 0. The van der Waals surface area contributed by atoms with Gasteiger partial charge in [-0.3, -0.25) is 9.59 Å². The molecule has 114 valence electrons. The normalized spacial score (nSPS) is 19.7. The van der Waals surface area contributed by atoms with Crippen molar-refractivity contribution in [2.24, 2.45) is 11.7 Å². The maximum absolute atomic E-state index is 12.1. The van der Waals surface area contributed by atoms with E-state index in [1.807, 2.05) is 38.1 Å². The van der Waals surface area contributed by atoms with Crippen LogP contribution in [0.4, 0.5) is 5.69 Å². The van der Waals surface area contributed by atoms with Gasteiger partial charge in [0.1, 0.15) is 0 Å². The van der Waals surface area contributed by atoms with Crippen LogP contribution in [0.5, 0.6) is 0 Å². The average molecular weight is 289 g/mol. The topological polar surface area (TPSA) is 75.4 Å². The second-order valence-corrected chi connectivity index (χ2v) is 5.80. The highest BCUT2D eigenvalue weighted by Crippen LogP contribution is 2.25. The molecule has 1 fully saturated rings. The highest BCUT2D eigenvalue weighted by Gasteiger charge is 2.34. The van der Waals surface area contributed by atoms with E-state index in [1.54, 1.807) is 4.90 Å². The zero-order chi connectivity index (χ0) is 15.4. The number of nitrogens with zero attached hydrogens (tertiary/aromatic N) is 1. The molecule has 1 aromatic carbocycles. The molecule has 21 heavy (non-hydrogen) atoms. The molecule has 2 unspecified atom stereocenters. The van der Waals surface area contributed by atoms with Crippen LogP contribution in [0.1, 0.15) is 25.3 Å². The molecule has 0 aliphatic carbocycles. The Kier molecular flexibility index (Phi) is 4.96. The van der Waals surface area contributed by atoms with Crippen molar-refractivity contribution in [2.75, 3.05) is 18.0 Å². The van der Waals surface area contributed by atoms with Gasteiger partial charge in [-0.1, -0.05) is 17.7 Å². The summed E-state index contributed by atoms with van der Waals surface area (Å²) in [5, 5.41) is 2.86. The summed E-state index contributed by atoms with van der Waals surface area (Å²) in [5.74, 6) is -0.323. The predicted octanol–water partition coefficient (Wildman–Crippen LogP) is 1.20. The van der Waals surface area contributed by atoms with Gasteiger partial charge in [-0.15, -0.1) is 0 Å². The van der Waals surface area contributed by atoms with Crippen molar-refractivity contribution in [3.63, 3.8) is 0 Å². The van der Waals surface area contributed by atoms with Gasteiger partial charge in [0.15, 0.2) is 0 Å². The minimum Gasteiger partial charge on any atom is -0.356 e. The van der Waals surface area contributed by atoms with Crippen molar-refractivity contribution in [1.29, 1.82) is 0 Å². The first-order valence-electron chi connectivity index (χ1n) is 7.37. The van der Waals surface area contributed by atoms with Gasteiger partial charge in [-0.25, -0.2) is 0 Å². The van der Waals surface area contributed by atoms with Crippen molar-refractivity contribution in [1.82, 2.24) is 5.32 Å². The van der Waals surface area contributed by atoms with Crippen LogP contribution < -0.4 is 16.0 Å². The number of hydrogen-bond acceptors (Lipinski definition) is 3. The summed E-state index contributed by atoms with van der Waals surface area (Å²) in [4.78, 5) is 25.8. The standard InChI is InChI=1S/C16H23N3O2/c1-11-3-5-14(6-4-11)19-10-13(9-15(19)20)16(21)18-8-7-12(2)17/h3-6,12-13H,7-10,17H2,1-2H3,(H,18,21). The number of nitrogens with one attached hydrogen (secondary N) is 1. The Morgan fingerprint density at radius 2 is 2.10 bits per heavy atom. The van der Waals surface area contributed by atoms with Crippen molar-refractivity contribution in [2.45, 2.75) is 32.7 Å². The third-order valence-electron chi connectivity index (χ3n) is 3.74. The third-order valence-corrected chi connectivity index (χ3v) is 3.74. The van der Waals surface area contributed by atoms with Gasteiger partial charge in [0.25, 0.3) is 0 Å². The van der Waals surface area contributed by atoms with E-state index in [0.717, 1.165) is 17.7 Å². The first-order chi connectivity index (χ1) is 9.97. The molecule has 3 N–H and O–H groups in total. The molecule has 5 heteroatoms. The SMILES string of the molecule is Cc1ccc(N2CC(C(=O)NCCC(C)N)CC2=O)cc1. The van der Waals surface area contributed by atoms with E-state index >= 15 is 0 Å². The molecule has 0 bridgehead atoms. The fraction of sp³-hybridized carbons (Fsp3) is 0.500. The largest absolute Gasteiger partial charge is 0.356 e. The van der Waals surface area contributed by atoms with Crippen molar-refractivity contribution >= 4 is 17.5 Å². The van der Waals surface area contributed by atoms with E-state index in [4.69, 9.17) is 5.73 Å². The fourth-order valence-corrected chi connectivity index (χ4v) is 2.42. The second-order valence-electron chi connectivity index (χ2n) is 5.80. The highest BCUT2D eigenvalue weighted by molar-refractivity contribution is 6.00. The van der Waals surface area contributed by atoms with Crippen LogP contribution in [-0.2, 0) is 9.59 Å². The molecule has 5 nitrogen and oxygen atoms in total. The molecule has 2 amide bonds. The Bertz CT molecular complexity index is 511. The van der Waals surface area contributed by atoms with Crippen LogP contribution in [0.15, 0.2) is 24.3 Å². The molecule has 0 radical (unpaired) electrons. The summed E-state index contributed by atoms with van der Waals surface area (Å²) in [6.07, 6.45) is 1.02. The van der Waals surface area contributed by atoms with E-state index in [-0.39, 0.29) is 30.2 Å². The molecule has 0 spiro atoms. The molecule has 1 saturated heterocycles. The van der Waals surface area contributed by atoms with Gasteiger partial charge in [0, 0.05) is 31.2 Å². The molecule has 1 heterocycles. The molecular formula is C16H23N3O2. The Hall–Kier alpha value is -1.88. The van der Waals surface area contributed by atoms with Gasteiger partial charge in [-0.2, -0.15) is 0 Å². The second kappa shape index (κ2) is 6.72. The lowest BCUT2D eigenvalue weighted by Crippen LogP contribution is -2.35. The molecule has 1 aliphatic rings. The first kappa shape index (κ1) is 15.5.